The van der Waals surface area contributed by atoms with Gasteiger partial charge in [-0.2, -0.15) is 0 Å². The fourth-order valence-electron chi connectivity index (χ4n) is 1.28. The maximum absolute atomic E-state index is 11.8. The van der Waals surface area contributed by atoms with Gasteiger partial charge in [-0.05, 0) is 18.6 Å². The van der Waals surface area contributed by atoms with Gasteiger partial charge in [-0.1, -0.05) is 26.0 Å². The topological polar surface area (TPSA) is 66.4 Å². The van der Waals surface area contributed by atoms with Crippen LogP contribution in [0.5, 0.6) is 0 Å². The molecule has 0 radical (unpaired) electrons. The molecule has 0 saturated carbocycles. The Morgan fingerprint density at radius 3 is 2.67 bits per heavy atom. The number of carbonyl (C=O) groups is 2. The van der Waals surface area contributed by atoms with Crippen molar-refractivity contribution in [3.8, 4) is 0 Å². The van der Waals surface area contributed by atoms with Crippen molar-refractivity contribution in [3.63, 3.8) is 0 Å². The van der Waals surface area contributed by atoms with E-state index in [4.69, 9.17) is 5.11 Å². The molecule has 0 saturated heterocycles. The summed E-state index contributed by atoms with van der Waals surface area (Å²) in [6, 6.07) is 7.23. The molecule has 1 aromatic rings. The van der Waals surface area contributed by atoms with E-state index < -0.39 is 5.97 Å². The first kappa shape index (κ1) is 14.6. The number of carboxylic acid groups (broad SMARTS) is 1. The molecule has 1 amide bonds. The third-order valence-electron chi connectivity index (χ3n) is 2.56. The predicted molar refractivity (Wildman–Crippen MR) is 72.9 cm³/mol. The third-order valence-corrected chi connectivity index (χ3v) is 3.61. The van der Waals surface area contributed by atoms with E-state index in [-0.39, 0.29) is 17.6 Å². The summed E-state index contributed by atoms with van der Waals surface area (Å²) in [5.41, 5.74) is 0.675. The van der Waals surface area contributed by atoms with Crippen molar-refractivity contribution in [2.45, 2.75) is 25.2 Å². The van der Waals surface area contributed by atoms with Crippen LogP contribution in [0.15, 0.2) is 29.2 Å². The number of rotatable bonds is 6. The highest BCUT2D eigenvalue weighted by Gasteiger charge is 2.13. The van der Waals surface area contributed by atoms with Gasteiger partial charge in [-0.15, -0.1) is 11.8 Å². The smallest absolute Gasteiger partial charge is 0.313 e. The average molecular weight is 267 g/mol. The van der Waals surface area contributed by atoms with Crippen LogP contribution < -0.4 is 5.32 Å². The van der Waals surface area contributed by atoms with Gasteiger partial charge in [0.2, 0.25) is 5.91 Å². The normalized spacial score (nSPS) is 11.9. The molecule has 0 heterocycles. The molecule has 1 rings (SSSR count). The standard InChI is InChI=1S/C13H17NO3S/c1-3-9(2)13(17)14-10-6-4-5-7-11(10)18-8-12(15)16/h4-7,9H,3,8H2,1-2H3,(H,14,17)(H,15,16)/t9-/m1/s1. The minimum Gasteiger partial charge on any atom is -0.481 e. The summed E-state index contributed by atoms with van der Waals surface area (Å²) in [6.45, 7) is 3.82. The number of anilines is 1. The zero-order valence-corrected chi connectivity index (χ0v) is 11.3. The van der Waals surface area contributed by atoms with Crippen LogP contribution in [0.25, 0.3) is 0 Å². The Labute approximate surface area is 111 Å². The maximum Gasteiger partial charge on any atom is 0.313 e. The molecule has 1 aromatic carbocycles. The van der Waals surface area contributed by atoms with Gasteiger partial charge in [-0.25, -0.2) is 0 Å². The molecule has 0 fully saturated rings. The van der Waals surface area contributed by atoms with E-state index in [1.54, 1.807) is 12.1 Å². The van der Waals surface area contributed by atoms with E-state index >= 15 is 0 Å². The molecular weight excluding hydrogens is 250 g/mol. The molecule has 0 unspecified atom stereocenters. The van der Waals surface area contributed by atoms with Crippen LogP contribution in [0.4, 0.5) is 5.69 Å². The maximum atomic E-state index is 11.8. The molecule has 1 atom stereocenters. The molecule has 0 spiro atoms. The van der Waals surface area contributed by atoms with Crippen LogP contribution in [0.1, 0.15) is 20.3 Å². The molecule has 0 aliphatic heterocycles. The Hall–Kier alpha value is -1.49. The number of benzene rings is 1. The lowest BCUT2D eigenvalue weighted by Crippen LogP contribution is -2.20. The van der Waals surface area contributed by atoms with Crippen LogP contribution in [-0.2, 0) is 9.59 Å². The van der Waals surface area contributed by atoms with Crippen molar-refractivity contribution < 1.29 is 14.7 Å². The van der Waals surface area contributed by atoms with E-state index in [0.717, 1.165) is 11.3 Å². The second kappa shape index (κ2) is 7.06. The minimum absolute atomic E-state index is 0.0176. The average Bonchev–Trinajstić information content (AvgIpc) is 2.36. The summed E-state index contributed by atoms with van der Waals surface area (Å²) in [7, 11) is 0. The third kappa shape index (κ3) is 4.41. The van der Waals surface area contributed by atoms with Gasteiger partial charge in [0.25, 0.3) is 0 Å². The highest BCUT2D eigenvalue weighted by Crippen LogP contribution is 2.27. The Morgan fingerprint density at radius 2 is 2.06 bits per heavy atom. The highest BCUT2D eigenvalue weighted by molar-refractivity contribution is 8.00. The van der Waals surface area contributed by atoms with Crippen molar-refractivity contribution in [1.29, 1.82) is 0 Å². The van der Waals surface area contributed by atoms with E-state index in [1.165, 1.54) is 11.8 Å². The fraction of sp³-hybridized carbons (Fsp3) is 0.385. The molecule has 98 valence electrons. The van der Waals surface area contributed by atoms with E-state index in [2.05, 4.69) is 5.32 Å². The van der Waals surface area contributed by atoms with Gasteiger partial charge in [0.15, 0.2) is 0 Å². The van der Waals surface area contributed by atoms with E-state index in [0.29, 0.717) is 5.69 Å². The highest BCUT2D eigenvalue weighted by atomic mass is 32.2. The predicted octanol–water partition coefficient (Wildman–Crippen LogP) is 2.85. The molecule has 0 bridgehead atoms. The number of hydrogen-bond donors (Lipinski definition) is 2. The van der Waals surface area contributed by atoms with Crippen molar-refractivity contribution in [3.05, 3.63) is 24.3 Å². The second-order valence-electron chi connectivity index (χ2n) is 3.98. The zero-order valence-electron chi connectivity index (χ0n) is 10.5. The van der Waals surface area contributed by atoms with Gasteiger partial charge in [0, 0.05) is 10.8 Å². The monoisotopic (exact) mass is 267 g/mol. The summed E-state index contributed by atoms with van der Waals surface area (Å²) in [4.78, 5) is 23.1. The van der Waals surface area contributed by atoms with Crippen LogP contribution in [0.2, 0.25) is 0 Å². The SMILES string of the molecule is CC[C@@H](C)C(=O)Nc1ccccc1SCC(=O)O. The first-order valence-corrected chi connectivity index (χ1v) is 6.77. The number of thioether (sulfide) groups is 1. The van der Waals surface area contributed by atoms with Crippen LogP contribution in [-0.4, -0.2) is 22.7 Å². The Balaban J connectivity index is 2.75. The lowest BCUT2D eigenvalue weighted by molar-refractivity contribution is -0.133. The zero-order chi connectivity index (χ0) is 13.5. The number of aliphatic carboxylic acids is 1. The first-order chi connectivity index (χ1) is 8.54. The molecule has 4 nitrogen and oxygen atoms in total. The fourth-order valence-corrected chi connectivity index (χ4v) is 2.00. The number of amides is 1. The molecule has 18 heavy (non-hydrogen) atoms. The Bertz CT molecular complexity index is 434. The minimum atomic E-state index is -0.872. The van der Waals surface area contributed by atoms with Crippen LogP contribution >= 0.6 is 11.8 Å². The molecule has 2 N–H and O–H groups in total. The number of nitrogens with one attached hydrogen (secondary N) is 1. The van der Waals surface area contributed by atoms with Crippen molar-refractivity contribution in [1.82, 2.24) is 0 Å². The lowest BCUT2D eigenvalue weighted by Gasteiger charge is -2.12. The molecule has 5 heteroatoms. The summed E-state index contributed by atoms with van der Waals surface area (Å²) in [5, 5.41) is 11.5. The number of para-hydroxylation sites is 1. The van der Waals surface area contributed by atoms with Crippen LogP contribution in [0.3, 0.4) is 0 Å². The van der Waals surface area contributed by atoms with Gasteiger partial charge >= 0.3 is 5.97 Å². The molecule has 0 aliphatic carbocycles. The van der Waals surface area contributed by atoms with Crippen LogP contribution in [0, 0.1) is 5.92 Å². The number of hydrogen-bond acceptors (Lipinski definition) is 3. The first-order valence-electron chi connectivity index (χ1n) is 5.79. The van der Waals surface area contributed by atoms with Gasteiger partial charge in [0.05, 0.1) is 11.4 Å². The molecule has 0 aromatic heterocycles. The summed E-state index contributed by atoms with van der Waals surface area (Å²) in [5.74, 6) is -0.984. The summed E-state index contributed by atoms with van der Waals surface area (Å²) in [6.07, 6.45) is 0.774. The summed E-state index contributed by atoms with van der Waals surface area (Å²) >= 11 is 1.20. The second-order valence-corrected chi connectivity index (χ2v) is 4.99. The van der Waals surface area contributed by atoms with Crippen molar-refractivity contribution in [2.75, 3.05) is 11.1 Å². The van der Waals surface area contributed by atoms with E-state index in [1.807, 2.05) is 26.0 Å². The van der Waals surface area contributed by atoms with Gasteiger partial charge < -0.3 is 10.4 Å². The summed E-state index contributed by atoms with van der Waals surface area (Å²) < 4.78 is 0. The van der Waals surface area contributed by atoms with E-state index in [9.17, 15) is 9.59 Å². The lowest BCUT2D eigenvalue weighted by atomic mass is 10.1. The Morgan fingerprint density at radius 1 is 1.39 bits per heavy atom. The van der Waals surface area contributed by atoms with Crippen molar-refractivity contribution in [2.24, 2.45) is 5.92 Å². The molecule has 0 aliphatic rings. The largest absolute Gasteiger partial charge is 0.481 e. The Kier molecular flexibility index (Phi) is 5.71. The number of carbonyl (C=O) groups excluding carboxylic acids is 1. The van der Waals surface area contributed by atoms with Crippen molar-refractivity contribution >= 4 is 29.3 Å². The van der Waals surface area contributed by atoms with Gasteiger partial charge in [0.1, 0.15) is 0 Å². The molecular formula is C13H17NO3S. The van der Waals surface area contributed by atoms with Gasteiger partial charge in [-0.3, -0.25) is 9.59 Å². The number of carboxylic acids is 1. The quantitative estimate of drug-likeness (QED) is 0.778.